The molecule has 0 aliphatic rings. The number of carbonyl (C=O) groups excluding carboxylic acids is 1. The largest absolute Gasteiger partial charge is 0.396 e. The summed E-state index contributed by atoms with van der Waals surface area (Å²) in [5, 5.41) is 14.5. The molecule has 2 rings (SSSR count). The van der Waals surface area contributed by atoms with Crippen molar-refractivity contribution in [2.45, 2.75) is 19.3 Å². The highest BCUT2D eigenvalue weighted by atomic mass is 19.1. The fourth-order valence-corrected chi connectivity index (χ4v) is 2.05. The van der Waals surface area contributed by atoms with Crippen LogP contribution in [0.1, 0.15) is 29.6 Å². The number of hydrogen-bond donors (Lipinski definition) is 3. The van der Waals surface area contributed by atoms with Gasteiger partial charge in [-0.15, -0.1) is 0 Å². The molecule has 0 bridgehead atoms. The molecule has 0 saturated carbocycles. The van der Waals surface area contributed by atoms with Gasteiger partial charge >= 0.3 is 0 Å². The second-order valence-corrected chi connectivity index (χ2v) is 5.08. The van der Waals surface area contributed by atoms with Crippen LogP contribution in [-0.2, 0) is 0 Å². The molecule has 23 heavy (non-hydrogen) atoms. The third-order valence-corrected chi connectivity index (χ3v) is 3.28. The van der Waals surface area contributed by atoms with Crippen LogP contribution in [0.2, 0.25) is 0 Å². The first-order valence-electron chi connectivity index (χ1n) is 7.57. The maximum atomic E-state index is 13.5. The number of aromatic nitrogens is 1. The first-order chi connectivity index (χ1) is 11.2. The average Bonchev–Trinajstić information content (AvgIpc) is 2.56. The van der Waals surface area contributed by atoms with E-state index in [0.717, 1.165) is 25.8 Å². The lowest BCUT2D eigenvalue weighted by Gasteiger charge is -2.08. The molecule has 0 aliphatic heterocycles. The predicted octanol–water partition coefficient (Wildman–Crippen LogP) is 3.05. The van der Waals surface area contributed by atoms with Gasteiger partial charge in [0.2, 0.25) is 0 Å². The van der Waals surface area contributed by atoms with Gasteiger partial charge in [-0.3, -0.25) is 4.79 Å². The quantitative estimate of drug-likeness (QED) is 0.654. The van der Waals surface area contributed by atoms with Gasteiger partial charge in [-0.05, 0) is 43.5 Å². The Morgan fingerprint density at radius 2 is 1.96 bits per heavy atom. The van der Waals surface area contributed by atoms with E-state index in [1.807, 2.05) is 0 Å². The van der Waals surface area contributed by atoms with Crippen molar-refractivity contribution in [2.24, 2.45) is 0 Å². The highest BCUT2D eigenvalue weighted by Crippen LogP contribution is 2.13. The number of aliphatic hydroxyl groups excluding tert-OH is 1. The summed E-state index contributed by atoms with van der Waals surface area (Å²) in [4.78, 5) is 16.2. The molecule has 0 saturated heterocycles. The van der Waals surface area contributed by atoms with Crippen molar-refractivity contribution in [3.8, 4) is 0 Å². The van der Waals surface area contributed by atoms with Crippen molar-refractivity contribution < 1.29 is 14.3 Å². The number of aliphatic hydroxyl groups is 1. The summed E-state index contributed by atoms with van der Waals surface area (Å²) >= 11 is 0. The van der Waals surface area contributed by atoms with E-state index in [9.17, 15) is 9.18 Å². The molecule has 1 heterocycles. The number of carbonyl (C=O) groups is 1. The van der Waals surface area contributed by atoms with Crippen molar-refractivity contribution >= 4 is 17.4 Å². The molecule has 2 aromatic rings. The molecular formula is C17H20FN3O2. The van der Waals surface area contributed by atoms with Gasteiger partial charge in [-0.2, -0.15) is 0 Å². The van der Waals surface area contributed by atoms with E-state index in [-0.39, 0.29) is 12.2 Å². The fourth-order valence-electron chi connectivity index (χ4n) is 2.05. The van der Waals surface area contributed by atoms with Crippen molar-refractivity contribution in [3.05, 3.63) is 54.0 Å². The number of pyridine rings is 1. The molecule has 0 unspecified atom stereocenters. The van der Waals surface area contributed by atoms with Crippen molar-refractivity contribution in [1.29, 1.82) is 0 Å². The lowest BCUT2D eigenvalue weighted by Crippen LogP contribution is -2.14. The number of nitrogens with one attached hydrogen (secondary N) is 2. The van der Waals surface area contributed by atoms with Gasteiger partial charge in [-0.1, -0.05) is 12.1 Å². The van der Waals surface area contributed by atoms with E-state index >= 15 is 0 Å². The summed E-state index contributed by atoms with van der Waals surface area (Å²) in [7, 11) is 0. The van der Waals surface area contributed by atoms with Crippen LogP contribution in [0, 0.1) is 5.82 Å². The molecule has 3 N–H and O–H groups in total. The Balaban J connectivity index is 1.85. The Labute approximate surface area is 134 Å². The van der Waals surface area contributed by atoms with Crippen LogP contribution in [0.15, 0.2) is 42.6 Å². The van der Waals surface area contributed by atoms with Crippen LogP contribution in [-0.4, -0.2) is 29.1 Å². The monoisotopic (exact) mass is 317 g/mol. The van der Waals surface area contributed by atoms with Gasteiger partial charge in [0.25, 0.3) is 5.91 Å². The fraction of sp³-hybridized carbons (Fsp3) is 0.294. The summed E-state index contributed by atoms with van der Waals surface area (Å²) < 4.78 is 13.5. The molecular weight excluding hydrogens is 297 g/mol. The maximum absolute atomic E-state index is 13.5. The Morgan fingerprint density at radius 3 is 2.65 bits per heavy atom. The van der Waals surface area contributed by atoms with Gasteiger partial charge in [0.15, 0.2) is 0 Å². The summed E-state index contributed by atoms with van der Waals surface area (Å²) in [6.07, 6.45) is 4.24. The lowest BCUT2D eigenvalue weighted by atomic mass is 10.2. The molecule has 0 radical (unpaired) electrons. The molecule has 6 heteroatoms. The SMILES string of the molecule is O=C(Nc1ccc(NCCCCCO)nc1)c1ccccc1F. The van der Waals surface area contributed by atoms with Gasteiger partial charge in [0.05, 0.1) is 17.4 Å². The second kappa shape index (κ2) is 8.85. The Morgan fingerprint density at radius 1 is 1.13 bits per heavy atom. The Kier molecular flexibility index (Phi) is 6.50. The van der Waals surface area contributed by atoms with Crippen LogP contribution >= 0.6 is 0 Å². The standard InChI is InChI=1S/C17H20FN3O2/c18-15-7-3-2-6-14(15)17(23)21-13-8-9-16(20-12-13)19-10-4-1-5-11-22/h2-3,6-9,12,22H,1,4-5,10-11H2,(H,19,20)(H,21,23). The molecule has 0 atom stereocenters. The van der Waals surface area contributed by atoms with Gasteiger partial charge in [0.1, 0.15) is 11.6 Å². The smallest absolute Gasteiger partial charge is 0.258 e. The van der Waals surface area contributed by atoms with Crippen molar-refractivity contribution in [1.82, 2.24) is 4.98 Å². The highest BCUT2D eigenvalue weighted by molar-refractivity contribution is 6.04. The number of anilines is 2. The molecule has 0 spiro atoms. The number of halogens is 1. The molecule has 1 aromatic heterocycles. The maximum Gasteiger partial charge on any atom is 0.258 e. The van der Waals surface area contributed by atoms with E-state index in [0.29, 0.717) is 11.5 Å². The van der Waals surface area contributed by atoms with Crippen LogP contribution in [0.3, 0.4) is 0 Å². The lowest BCUT2D eigenvalue weighted by molar-refractivity contribution is 0.102. The molecule has 0 aliphatic carbocycles. The Bertz CT molecular complexity index is 632. The zero-order chi connectivity index (χ0) is 16.5. The van der Waals surface area contributed by atoms with Gasteiger partial charge in [-0.25, -0.2) is 9.37 Å². The van der Waals surface area contributed by atoms with E-state index in [2.05, 4.69) is 15.6 Å². The zero-order valence-corrected chi connectivity index (χ0v) is 12.8. The minimum absolute atomic E-state index is 0.00131. The topological polar surface area (TPSA) is 74.2 Å². The third kappa shape index (κ3) is 5.34. The van der Waals surface area contributed by atoms with Gasteiger partial charge < -0.3 is 15.7 Å². The van der Waals surface area contributed by atoms with Crippen LogP contribution < -0.4 is 10.6 Å². The number of amides is 1. The number of unbranched alkanes of at least 4 members (excludes halogenated alkanes) is 2. The van der Waals surface area contributed by atoms with Crippen molar-refractivity contribution in [2.75, 3.05) is 23.8 Å². The Hall–Kier alpha value is -2.47. The summed E-state index contributed by atoms with van der Waals surface area (Å²) in [6.45, 7) is 0.989. The zero-order valence-electron chi connectivity index (χ0n) is 12.8. The van der Waals surface area contributed by atoms with E-state index in [4.69, 9.17) is 5.11 Å². The summed E-state index contributed by atoms with van der Waals surface area (Å²) in [5.41, 5.74) is 0.502. The van der Waals surface area contributed by atoms with Crippen molar-refractivity contribution in [3.63, 3.8) is 0 Å². The van der Waals surface area contributed by atoms with E-state index < -0.39 is 11.7 Å². The summed E-state index contributed by atoms with van der Waals surface area (Å²) in [5.74, 6) is -0.355. The third-order valence-electron chi connectivity index (χ3n) is 3.28. The normalized spacial score (nSPS) is 10.3. The first kappa shape index (κ1) is 16.9. The number of rotatable bonds is 8. The number of nitrogens with zero attached hydrogens (tertiary/aromatic N) is 1. The van der Waals surface area contributed by atoms with E-state index in [1.54, 1.807) is 18.2 Å². The molecule has 1 aromatic carbocycles. The molecule has 5 nitrogen and oxygen atoms in total. The number of hydrogen-bond acceptors (Lipinski definition) is 4. The molecule has 122 valence electrons. The predicted molar refractivity (Wildman–Crippen MR) is 88.0 cm³/mol. The summed E-state index contributed by atoms with van der Waals surface area (Å²) in [6, 6.07) is 9.29. The van der Waals surface area contributed by atoms with Crippen LogP contribution in [0.25, 0.3) is 0 Å². The van der Waals surface area contributed by atoms with Crippen LogP contribution in [0.5, 0.6) is 0 Å². The van der Waals surface area contributed by atoms with Gasteiger partial charge in [0, 0.05) is 13.2 Å². The second-order valence-electron chi connectivity index (χ2n) is 5.08. The highest BCUT2D eigenvalue weighted by Gasteiger charge is 2.10. The molecule has 0 fully saturated rings. The molecule has 1 amide bonds. The average molecular weight is 317 g/mol. The van der Waals surface area contributed by atoms with Crippen LogP contribution in [0.4, 0.5) is 15.9 Å². The first-order valence-corrected chi connectivity index (χ1v) is 7.57. The van der Waals surface area contributed by atoms with E-state index in [1.165, 1.54) is 24.4 Å². The number of benzene rings is 1. The minimum atomic E-state index is -0.556. The minimum Gasteiger partial charge on any atom is -0.396 e.